The maximum Gasteiger partial charge on any atom is 0.457 e. The first-order valence-electron chi connectivity index (χ1n) is 8.57. The topological polar surface area (TPSA) is 72.0 Å². The second-order valence-corrected chi connectivity index (χ2v) is 7.77. The molecule has 0 saturated heterocycles. The van der Waals surface area contributed by atoms with Gasteiger partial charge in [0, 0.05) is 11.4 Å². The van der Waals surface area contributed by atoms with Gasteiger partial charge in [-0.25, -0.2) is 4.57 Å². The Bertz CT molecular complexity index is 692. The lowest BCUT2D eigenvalue weighted by molar-refractivity contribution is 0.143. The second kappa shape index (κ2) is 9.53. The van der Waals surface area contributed by atoms with Crippen molar-refractivity contribution in [2.24, 2.45) is 4.76 Å². The molecule has 0 fully saturated rings. The zero-order valence-corrected chi connectivity index (χ0v) is 16.4. The van der Waals surface area contributed by atoms with Crippen molar-refractivity contribution < 1.29 is 13.6 Å². The van der Waals surface area contributed by atoms with Gasteiger partial charge < -0.3 is 10.6 Å². The molecule has 140 valence electrons. The fourth-order valence-electron chi connectivity index (χ4n) is 2.12. The summed E-state index contributed by atoms with van der Waals surface area (Å²) in [6.07, 6.45) is -0.587. The Morgan fingerprint density at radius 2 is 1.19 bits per heavy atom. The maximum absolute atomic E-state index is 13.1. The maximum atomic E-state index is 13.1. The zero-order valence-electron chi connectivity index (χ0n) is 15.5. The Morgan fingerprint density at radius 1 is 0.808 bits per heavy atom. The zero-order chi connectivity index (χ0) is 19.0. The number of anilines is 2. The van der Waals surface area contributed by atoms with Crippen molar-refractivity contribution in [3.63, 3.8) is 0 Å². The quantitative estimate of drug-likeness (QED) is 0.378. The van der Waals surface area contributed by atoms with Crippen LogP contribution in [0.4, 0.5) is 11.4 Å². The van der Waals surface area contributed by atoms with Gasteiger partial charge in [0.1, 0.15) is 0 Å². The Kier molecular flexibility index (Phi) is 7.39. The van der Waals surface area contributed by atoms with Crippen molar-refractivity contribution in [2.75, 3.05) is 10.6 Å². The number of hydrogen-bond donors (Lipinski definition) is 2. The first-order valence-corrected chi connectivity index (χ1v) is 10.1. The summed E-state index contributed by atoms with van der Waals surface area (Å²) in [5, 5.41) is 6.27. The molecule has 0 amide bonds. The van der Waals surface area contributed by atoms with Crippen LogP contribution in [0.1, 0.15) is 27.7 Å². The molecule has 0 saturated carbocycles. The highest BCUT2D eigenvalue weighted by atomic mass is 31.2. The van der Waals surface area contributed by atoms with Crippen molar-refractivity contribution in [1.29, 1.82) is 0 Å². The number of benzene rings is 2. The van der Waals surface area contributed by atoms with Gasteiger partial charge in [-0.2, -0.15) is 0 Å². The molecule has 0 unspecified atom stereocenters. The number of rotatable bonds is 7. The molecule has 0 aromatic heterocycles. The lowest BCUT2D eigenvalue weighted by Crippen LogP contribution is -2.23. The molecule has 6 nitrogen and oxygen atoms in total. The predicted molar refractivity (Wildman–Crippen MR) is 108 cm³/mol. The molecule has 2 aromatic carbocycles. The van der Waals surface area contributed by atoms with Crippen LogP contribution < -0.4 is 10.6 Å². The summed E-state index contributed by atoms with van der Waals surface area (Å²) in [6, 6.07) is 19.0. The fraction of sp³-hybridized carbons (Fsp3) is 0.316. The molecule has 7 heteroatoms. The van der Waals surface area contributed by atoms with E-state index < -0.39 is 7.75 Å². The van der Waals surface area contributed by atoms with Crippen LogP contribution in [0.15, 0.2) is 65.4 Å². The van der Waals surface area contributed by atoms with E-state index in [0.29, 0.717) is 0 Å². The van der Waals surface area contributed by atoms with Gasteiger partial charge in [0.2, 0.25) is 5.96 Å². The van der Waals surface area contributed by atoms with E-state index >= 15 is 0 Å². The highest BCUT2D eigenvalue weighted by Gasteiger charge is 2.28. The Balaban J connectivity index is 2.35. The average Bonchev–Trinajstić information content (AvgIpc) is 2.54. The first-order chi connectivity index (χ1) is 12.4. The predicted octanol–water partition coefficient (Wildman–Crippen LogP) is 5.52. The van der Waals surface area contributed by atoms with E-state index in [-0.39, 0.29) is 18.2 Å². The molecule has 26 heavy (non-hydrogen) atoms. The van der Waals surface area contributed by atoms with Crippen LogP contribution in [0.5, 0.6) is 0 Å². The molecule has 0 heterocycles. The Labute approximate surface area is 155 Å². The summed E-state index contributed by atoms with van der Waals surface area (Å²) >= 11 is 0. The van der Waals surface area contributed by atoms with Crippen molar-refractivity contribution in [3.05, 3.63) is 60.7 Å². The molecule has 0 atom stereocenters. The summed E-state index contributed by atoms with van der Waals surface area (Å²) in [4.78, 5) is 0. The molecular weight excluding hydrogens is 349 g/mol. The third-order valence-corrected chi connectivity index (χ3v) is 4.80. The van der Waals surface area contributed by atoms with E-state index in [1.165, 1.54) is 0 Å². The van der Waals surface area contributed by atoms with Crippen LogP contribution in [-0.4, -0.2) is 18.2 Å². The van der Waals surface area contributed by atoms with Crippen LogP contribution in [0.3, 0.4) is 0 Å². The minimum atomic E-state index is -3.70. The number of guanidine groups is 1. The molecule has 2 N–H and O–H groups in total. The summed E-state index contributed by atoms with van der Waals surface area (Å²) in [7, 11) is -3.70. The van der Waals surface area contributed by atoms with Crippen molar-refractivity contribution in [2.45, 2.75) is 39.9 Å². The lowest BCUT2D eigenvalue weighted by atomic mass is 10.3. The van der Waals surface area contributed by atoms with Crippen LogP contribution >= 0.6 is 7.75 Å². The summed E-state index contributed by atoms with van der Waals surface area (Å²) < 4.78 is 28.4. The Hall–Kier alpha value is -2.14. The highest BCUT2D eigenvalue weighted by Crippen LogP contribution is 2.52. The fourth-order valence-corrected chi connectivity index (χ4v) is 3.68. The molecule has 2 rings (SSSR count). The summed E-state index contributed by atoms with van der Waals surface area (Å²) in [5.74, 6) is 0.284. The number of para-hydroxylation sites is 2. The highest BCUT2D eigenvalue weighted by molar-refractivity contribution is 7.52. The van der Waals surface area contributed by atoms with Gasteiger partial charge in [-0.1, -0.05) is 36.4 Å². The van der Waals surface area contributed by atoms with Gasteiger partial charge >= 0.3 is 7.75 Å². The second-order valence-electron chi connectivity index (χ2n) is 6.21. The van der Waals surface area contributed by atoms with E-state index in [1.54, 1.807) is 27.7 Å². The molecule has 0 radical (unpaired) electrons. The lowest BCUT2D eigenvalue weighted by Gasteiger charge is -2.21. The van der Waals surface area contributed by atoms with Crippen LogP contribution in [0.25, 0.3) is 0 Å². The van der Waals surface area contributed by atoms with E-state index in [1.807, 2.05) is 60.7 Å². The molecule has 0 aliphatic heterocycles. The minimum Gasteiger partial charge on any atom is -0.326 e. The van der Waals surface area contributed by atoms with Crippen LogP contribution in [0.2, 0.25) is 0 Å². The van der Waals surface area contributed by atoms with E-state index in [2.05, 4.69) is 15.4 Å². The monoisotopic (exact) mass is 375 g/mol. The smallest absolute Gasteiger partial charge is 0.326 e. The van der Waals surface area contributed by atoms with E-state index in [0.717, 1.165) is 11.4 Å². The van der Waals surface area contributed by atoms with Gasteiger partial charge in [-0.05, 0) is 52.0 Å². The normalized spacial score (nSPS) is 11.5. The standard InChI is InChI=1S/C19H26N3O3P/c1-15(2)24-26(23,25-16(3)4)22-19(20-17-11-7-5-8-12-17)21-18-13-9-6-10-14-18/h5-16H,1-4H3,(H2,20,21,22,23). The largest absolute Gasteiger partial charge is 0.457 e. The number of nitrogens with zero attached hydrogens (tertiary/aromatic N) is 1. The van der Waals surface area contributed by atoms with Crippen LogP contribution in [0, 0.1) is 0 Å². The molecular formula is C19H26N3O3P. The van der Waals surface area contributed by atoms with Crippen molar-refractivity contribution in [3.8, 4) is 0 Å². The number of hydrogen-bond acceptors (Lipinski definition) is 3. The summed E-state index contributed by atoms with van der Waals surface area (Å²) in [5.41, 5.74) is 1.60. The van der Waals surface area contributed by atoms with E-state index in [9.17, 15) is 4.57 Å². The Morgan fingerprint density at radius 3 is 1.54 bits per heavy atom. The van der Waals surface area contributed by atoms with Crippen molar-refractivity contribution >= 4 is 25.1 Å². The van der Waals surface area contributed by atoms with Gasteiger partial charge in [0.15, 0.2) is 0 Å². The van der Waals surface area contributed by atoms with Gasteiger partial charge in [0.25, 0.3) is 0 Å². The third-order valence-electron chi connectivity index (χ3n) is 2.98. The molecule has 0 aliphatic carbocycles. The molecule has 0 aliphatic rings. The number of nitrogens with one attached hydrogen (secondary N) is 2. The molecule has 2 aromatic rings. The van der Waals surface area contributed by atoms with Gasteiger partial charge in [-0.15, -0.1) is 4.76 Å². The van der Waals surface area contributed by atoms with Gasteiger partial charge in [0.05, 0.1) is 12.2 Å². The van der Waals surface area contributed by atoms with Crippen LogP contribution in [-0.2, 0) is 13.6 Å². The molecule has 0 spiro atoms. The van der Waals surface area contributed by atoms with E-state index in [4.69, 9.17) is 9.05 Å². The summed E-state index contributed by atoms with van der Waals surface area (Å²) in [6.45, 7) is 7.17. The third kappa shape index (κ3) is 7.00. The average molecular weight is 375 g/mol. The van der Waals surface area contributed by atoms with Gasteiger partial charge in [-0.3, -0.25) is 9.05 Å². The SMILES string of the molecule is CC(C)OP(=O)(N=C(Nc1ccccc1)Nc1ccccc1)OC(C)C. The first kappa shape index (κ1) is 20.2. The molecule has 0 bridgehead atoms. The van der Waals surface area contributed by atoms with Crippen molar-refractivity contribution in [1.82, 2.24) is 0 Å². The minimum absolute atomic E-state index is 0.284.